The van der Waals surface area contributed by atoms with Gasteiger partial charge in [0, 0.05) is 31.2 Å². The van der Waals surface area contributed by atoms with E-state index >= 15 is 0 Å². The van der Waals surface area contributed by atoms with Crippen molar-refractivity contribution in [1.29, 1.82) is 0 Å². The fourth-order valence-electron chi connectivity index (χ4n) is 4.45. The van der Waals surface area contributed by atoms with E-state index in [0.717, 1.165) is 51.0 Å². The van der Waals surface area contributed by atoms with Gasteiger partial charge in [0.1, 0.15) is 5.82 Å². The molecule has 9 heteroatoms. The lowest BCUT2D eigenvalue weighted by Gasteiger charge is -2.40. The quantitative estimate of drug-likeness (QED) is 0.666. The molecule has 8 nitrogen and oxygen atoms in total. The van der Waals surface area contributed by atoms with Gasteiger partial charge in [-0.15, -0.1) is 0 Å². The van der Waals surface area contributed by atoms with Crippen LogP contribution in [0.4, 0.5) is 4.79 Å². The van der Waals surface area contributed by atoms with Gasteiger partial charge in [-0.25, -0.2) is 9.79 Å². The van der Waals surface area contributed by atoms with Crippen LogP contribution in [0.2, 0.25) is 5.82 Å². The molecule has 30 heavy (non-hydrogen) atoms. The molecule has 3 aliphatic heterocycles. The summed E-state index contributed by atoms with van der Waals surface area (Å²) >= 11 is 0. The fourth-order valence-corrected chi connectivity index (χ4v) is 4.45. The van der Waals surface area contributed by atoms with E-state index in [0.29, 0.717) is 0 Å². The number of amides is 1. The van der Waals surface area contributed by atoms with Crippen molar-refractivity contribution >= 4 is 19.4 Å². The summed E-state index contributed by atoms with van der Waals surface area (Å²) in [5.41, 5.74) is -0.636. The van der Waals surface area contributed by atoms with E-state index in [9.17, 15) is 4.79 Å². The third-order valence-corrected chi connectivity index (χ3v) is 7.17. The van der Waals surface area contributed by atoms with Crippen LogP contribution in [0.25, 0.3) is 0 Å². The van der Waals surface area contributed by atoms with Crippen molar-refractivity contribution in [1.82, 2.24) is 10.2 Å². The topological polar surface area (TPSA) is 92.6 Å². The van der Waals surface area contributed by atoms with Gasteiger partial charge in [-0.2, -0.15) is 0 Å². The molecule has 0 aromatic heterocycles. The number of nitrogens with one attached hydrogen (secondary N) is 1. The molecule has 2 saturated heterocycles. The summed E-state index contributed by atoms with van der Waals surface area (Å²) in [6.45, 7) is 10.2. The van der Waals surface area contributed by atoms with Crippen LogP contribution in [-0.4, -0.2) is 72.0 Å². The smallest absolute Gasteiger partial charge is 0.465 e. The Morgan fingerprint density at radius 1 is 1.20 bits per heavy atom. The second kappa shape index (κ2) is 8.17. The molecule has 166 valence electrons. The maximum atomic E-state index is 10.6. The lowest BCUT2D eigenvalue weighted by Crippen LogP contribution is -2.49. The van der Waals surface area contributed by atoms with Crippen molar-refractivity contribution in [2.24, 2.45) is 4.99 Å². The monoisotopic (exact) mass is 419 g/mol. The molecule has 1 unspecified atom stereocenters. The second-order valence-electron chi connectivity index (χ2n) is 9.93. The van der Waals surface area contributed by atoms with Gasteiger partial charge in [-0.3, -0.25) is 0 Å². The lowest BCUT2D eigenvalue weighted by atomic mass is 9.70. The number of piperidine rings is 1. The molecule has 0 aromatic carbocycles. The minimum absolute atomic E-state index is 0.0474. The Labute approximate surface area is 179 Å². The number of likely N-dealkylation sites (tertiary alicyclic amines) is 1. The van der Waals surface area contributed by atoms with Crippen LogP contribution < -0.4 is 5.32 Å². The van der Waals surface area contributed by atoms with Crippen LogP contribution in [0.1, 0.15) is 59.8 Å². The summed E-state index contributed by atoms with van der Waals surface area (Å²) in [4.78, 5) is 17.7. The minimum Gasteiger partial charge on any atom is -0.465 e. The molecule has 0 bridgehead atoms. The Balaban J connectivity index is 1.19. The molecule has 1 saturated carbocycles. The highest BCUT2D eigenvalue weighted by molar-refractivity contribution is 6.51. The number of nitrogens with zero attached hydrogens (tertiary/aromatic N) is 2. The highest BCUT2D eigenvalue weighted by atomic mass is 16.7. The molecule has 0 radical (unpaired) electrons. The first-order chi connectivity index (χ1) is 14.1. The van der Waals surface area contributed by atoms with E-state index in [1.165, 1.54) is 0 Å². The highest BCUT2D eigenvalue weighted by Gasteiger charge is 2.53. The molecule has 3 heterocycles. The van der Waals surface area contributed by atoms with Crippen LogP contribution in [0, 0.1) is 0 Å². The number of hydrogen-bond donors (Lipinski definition) is 2. The number of carbonyl (C=O) groups is 1. The zero-order chi connectivity index (χ0) is 21.5. The summed E-state index contributed by atoms with van der Waals surface area (Å²) in [5, 5.41) is 11.3. The van der Waals surface area contributed by atoms with Crippen LogP contribution >= 0.6 is 0 Å². The third kappa shape index (κ3) is 4.53. The number of ether oxygens (including phenoxy) is 1. The zero-order valence-electron chi connectivity index (χ0n) is 18.5. The minimum atomic E-state index is -0.950. The van der Waals surface area contributed by atoms with Crippen LogP contribution in [-0.2, 0) is 14.0 Å². The first kappa shape index (κ1) is 21.6. The van der Waals surface area contributed by atoms with E-state index < -0.39 is 6.09 Å². The Morgan fingerprint density at radius 2 is 1.83 bits per heavy atom. The van der Waals surface area contributed by atoms with Gasteiger partial charge in [0.15, 0.2) is 0 Å². The number of allylic oxidation sites excluding steroid dienone is 1. The predicted molar refractivity (Wildman–Crippen MR) is 115 cm³/mol. The molecule has 2 N–H and O–H groups in total. The van der Waals surface area contributed by atoms with Gasteiger partial charge in [0.05, 0.1) is 23.4 Å². The van der Waals surface area contributed by atoms with Crippen molar-refractivity contribution in [3.05, 3.63) is 11.9 Å². The average Bonchev–Trinajstić information content (AvgIpc) is 2.88. The van der Waals surface area contributed by atoms with Crippen LogP contribution in [0.5, 0.6) is 0 Å². The van der Waals surface area contributed by atoms with E-state index in [4.69, 9.17) is 24.1 Å². The Hall–Kier alpha value is -1.58. The molecule has 0 spiro atoms. The first-order valence-electron chi connectivity index (χ1n) is 11.1. The molecular formula is C21H34BN3O5. The number of hydrogen-bond acceptors (Lipinski definition) is 6. The molecule has 4 aliphatic rings. The van der Waals surface area contributed by atoms with Gasteiger partial charge in [-0.05, 0) is 65.9 Å². The first-order valence-corrected chi connectivity index (χ1v) is 11.1. The van der Waals surface area contributed by atoms with Crippen molar-refractivity contribution < 1.29 is 23.9 Å². The second-order valence-corrected chi connectivity index (χ2v) is 9.93. The number of carboxylic acid groups (broad SMARTS) is 1. The highest BCUT2D eigenvalue weighted by Crippen LogP contribution is 2.41. The van der Waals surface area contributed by atoms with Gasteiger partial charge < -0.3 is 29.4 Å². The van der Waals surface area contributed by atoms with E-state index in [1.54, 1.807) is 0 Å². The van der Waals surface area contributed by atoms with Crippen molar-refractivity contribution in [3.63, 3.8) is 0 Å². The summed E-state index contributed by atoms with van der Waals surface area (Å²) < 4.78 is 18.5. The Bertz CT molecular complexity index is 695. The SMILES string of the molecule is CC1(C)OB(C2C=NC(N3CCC(OC4CC(NC(=O)O)C4)CC3)=CC2)OC1(C)C. The van der Waals surface area contributed by atoms with Crippen molar-refractivity contribution in [2.75, 3.05) is 13.1 Å². The van der Waals surface area contributed by atoms with Gasteiger partial charge in [0.2, 0.25) is 0 Å². The largest absolute Gasteiger partial charge is 0.467 e. The Kier molecular flexibility index (Phi) is 5.89. The van der Waals surface area contributed by atoms with Crippen LogP contribution in [0.15, 0.2) is 16.9 Å². The van der Waals surface area contributed by atoms with Gasteiger partial charge in [0.25, 0.3) is 0 Å². The molecule has 1 atom stereocenters. The van der Waals surface area contributed by atoms with Crippen molar-refractivity contribution in [2.45, 2.75) is 95.1 Å². The maximum Gasteiger partial charge on any atom is 0.467 e. The molecule has 3 fully saturated rings. The van der Waals surface area contributed by atoms with E-state index in [2.05, 4.69) is 44.0 Å². The zero-order valence-corrected chi connectivity index (χ0v) is 18.5. The molecule has 1 aliphatic carbocycles. The summed E-state index contributed by atoms with van der Waals surface area (Å²) in [6, 6.07) is 0.0474. The standard InChI is InChI=1S/C21H34BN3O5/c1-20(2)21(3,4)30-22(29-20)14-5-6-18(23-13-14)25-9-7-16(8-10-25)28-17-11-15(12-17)24-19(26)27/h6,13-17,24H,5,7-12H2,1-4H3,(H,26,27). The fraction of sp³-hybridized carbons (Fsp3) is 0.810. The van der Waals surface area contributed by atoms with Gasteiger partial charge >= 0.3 is 13.2 Å². The van der Waals surface area contributed by atoms with Crippen LogP contribution in [0.3, 0.4) is 0 Å². The van der Waals surface area contributed by atoms with E-state index in [1.807, 2.05) is 6.21 Å². The molecule has 1 amide bonds. The van der Waals surface area contributed by atoms with E-state index in [-0.39, 0.29) is 42.4 Å². The predicted octanol–water partition coefficient (Wildman–Crippen LogP) is 3.04. The Morgan fingerprint density at radius 3 is 2.37 bits per heavy atom. The summed E-state index contributed by atoms with van der Waals surface area (Å²) in [5.74, 6) is 1.18. The number of aliphatic imine (C=N–C) groups is 1. The van der Waals surface area contributed by atoms with Gasteiger partial charge in [-0.1, -0.05) is 0 Å². The normalized spacial score (nSPS) is 33.2. The van der Waals surface area contributed by atoms with Crippen molar-refractivity contribution in [3.8, 4) is 0 Å². The third-order valence-electron chi connectivity index (χ3n) is 7.17. The maximum absolute atomic E-state index is 10.6. The lowest BCUT2D eigenvalue weighted by molar-refractivity contribution is -0.0808. The molecule has 0 aromatic rings. The molecule has 4 rings (SSSR count). The average molecular weight is 419 g/mol. The number of rotatable bonds is 5. The summed E-state index contributed by atoms with van der Waals surface area (Å²) in [7, 11) is -0.252. The summed E-state index contributed by atoms with van der Waals surface area (Å²) in [6.07, 6.45) is 8.05. The molecular weight excluding hydrogens is 385 g/mol.